The van der Waals surface area contributed by atoms with Crippen LogP contribution in [-0.4, -0.2) is 24.1 Å². The van der Waals surface area contributed by atoms with E-state index >= 15 is 0 Å². The molecule has 1 heterocycles. The molecule has 0 aliphatic carbocycles. The van der Waals surface area contributed by atoms with Crippen LogP contribution in [0.15, 0.2) is 36.9 Å². The zero-order chi connectivity index (χ0) is 13.7. The van der Waals surface area contributed by atoms with Crippen molar-refractivity contribution in [1.29, 1.82) is 0 Å². The zero-order valence-electron chi connectivity index (χ0n) is 11.1. The second-order valence-electron chi connectivity index (χ2n) is 4.45. The first-order valence-electron chi connectivity index (χ1n) is 6.41. The fraction of sp³-hybridized carbons (Fsp3) is 0.267. The minimum atomic E-state index is -0.155. The van der Waals surface area contributed by atoms with Gasteiger partial charge in [0.05, 0.1) is 0 Å². The number of carbonyl (C=O) groups excluding carboxylic acids is 1. The molecule has 4 nitrogen and oxygen atoms in total. The van der Waals surface area contributed by atoms with Gasteiger partial charge in [0.25, 0.3) is 0 Å². The number of nitrogens with one attached hydrogen (secondary N) is 3. The van der Waals surface area contributed by atoms with Gasteiger partial charge in [0, 0.05) is 29.7 Å². The van der Waals surface area contributed by atoms with Gasteiger partial charge in [0.1, 0.15) is 0 Å². The molecule has 0 fully saturated rings. The average molecular weight is 257 g/mol. The zero-order valence-corrected chi connectivity index (χ0v) is 11.1. The molecule has 100 valence electrons. The highest BCUT2D eigenvalue weighted by atomic mass is 16.2. The number of carbonyl (C=O) groups is 1. The van der Waals surface area contributed by atoms with E-state index in [1.165, 1.54) is 10.9 Å². The van der Waals surface area contributed by atoms with Gasteiger partial charge >= 0.3 is 6.03 Å². The summed E-state index contributed by atoms with van der Waals surface area (Å²) in [7, 11) is 0. The molecule has 0 bridgehead atoms. The fourth-order valence-electron chi connectivity index (χ4n) is 2.19. The summed E-state index contributed by atoms with van der Waals surface area (Å²) >= 11 is 0. The Bertz CT molecular complexity index is 586. The minimum absolute atomic E-state index is 0.155. The topological polar surface area (TPSA) is 56.9 Å². The lowest BCUT2D eigenvalue weighted by atomic mass is 10.1. The molecule has 1 aromatic carbocycles. The summed E-state index contributed by atoms with van der Waals surface area (Å²) in [5.74, 6) is 0. The van der Waals surface area contributed by atoms with Gasteiger partial charge in [-0.2, -0.15) is 0 Å². The molecule has 2 rings (SSSR count). The smallest absolute Gasteiger partial charge is 0.315 e. The Morgan fingerprint density at radius 3 is 2.95 bits per heavy atom. The predicted octanol–water partition coefficient (Wildman–Crippen LogP) is 2.50. The van der Waals surface area contributed by atoms with Crippen LogP contribution in [0.25, 0.3) is 10.9 Å². The molecule has 0 spiro atoms. The normalized spacial score (nSPS) is 10.4. The molecule has 0 saturated carbocycles. The van der Waals surface area contributed by atoms with Crippen LogP contribution in [0, 0.1) is 6.92 Å². The SMILES string of the molecule is C=CCNC(=O)NCCc1c(C)[nH]c2ccccc12. The average Bonchev–Trinajstić information content (AvgIpc) is 2.73. The van der Waals surface area contributed by atoms with E-state index < -0.39 is 0 Å². The number of fused-ring (bicyclic) bond motifs is 1. The lowest BCUT2D eigenvalue weighted by molar-refractivity contribution is 0.242. The Hall–Kier alpha value is -2.23. The number of aromatic nitrogens is 1. The van der Waals surface area contributed by atoms with Crippen molar-refractivity contribution in [3.05, 3.63) is 48.2 Å². The van der Waals surface area contributed by atoms with Crippen LogP contribution in [0.3, 0.4) is 0 Å². The standard InChI is InChI=1S/C15H19N3O/c1-3-9-16-15(19)17-10-8-12-11(2)18-14-7-5-4-6-13(12)14/h3-7,18H,1,8-10H2,2H3,(H2,16,17,19). The monoisotopic (exact) mass is 257 g/mol. The van der Waals surface area contributed by atoms with Crippen LogP contribution in [0.1, 0.15) is 11.3 Å². The van der Waals surface area contributed by atoms with E-state index in [0.29, 0.717) is 13.1 Å². The van der Waals surface area contributed by atoms with Crippen LogP contribution in [0.4, 0.5) is 4.79 Å². The lowest BCUT2D eigenvalue weighted by Crippen LogP contribution is -2.36. The third-order valence-corrected chi connectivity index (χ3v) is 3.09. The van der Waals surface area contributed by atoms with Gasteiger partial charge in [-0.3, -0.25) is 0 Å². The Morgan fingerprint density at radius 2 is 2.16 bits per heavy atom. The Labute approximate surface area is 112 Å². The van der Waals surface area contributed by atoms with E-state index in [1.807, 2.05) is 12.1 Å². The summed E-state index contributed by atoms with van der Waals surface area (Å²) < 4.78 is 0. The van der Waals surface area contributed by atoms with Crippen molar-refractivity contribution in [1.82, 2.24) is 15.6 Å². The van der Waals surface area contributed by atoms with Crippen LogP contribution in [0.5, 0.6) is 0 Å². The molecule has 4 heteroatoms. The Balaban J connectivity index is 1.96. The lowest BCUT2D eigenvalue weighted by Gasteiger charge is -2.06. The van der Waals surface area contributed by atoms with Gasteiger partial charge in [-0.15, -0.1) is 6.58 Å². The highest BCUT2D eigenvalue weighted by molar-refractivity contribution is 5.84. The number of hydrogen-bond acceptors (Lipinski definition) is 1. The van der Waals surface area contributed by atoms with Gasteiger partial charge in [0.15, 0.2) is 0 Å². The summed E-state index contributed by atoms with van der Waals surface area (Å²) in [6.45, 7) is 6.72. The molecule has 19 heavy (non-hydrogen) atoms. The first-order chi connectivity index (χ1) is 9.22. The first kappa shape index (κ1) is 13.2. The molecule has 2 aromatic rings. The largest absolute Gasteiger partial charge is 0.358 e. The Kier molecular flexibility index (Phi) is 4.23. The van der Waals surface area contributed by atoms with E-state index in [2.05, 4.69) is 41.3 Å². The van der Waals surface area contributed by atoms with Crippen LogP contribution in [-0.2, 0) is 6.42 Å². The maximum atomic E-state index is 11.4. The first-order valence-corrected chi connectivity index (χ1v) is 6.41. The van der Waals surface area contributed by atoms with Crippen molar-refractivity contribution in [3.63, 3.8) is 0 Å². The van der Waals surface area contributed by atoms with Gasteiger partial charge in [-0.1, -0.05) is 24.3 Å². The third kappa shape index (κ3) is 3.16. The number of aryl methyl sites for hydroxylation is 1. The molecule has 0 saturated heterocycles. The summed E-state index contributed by atoms with van der Waals surface area (Å²) in [4.78, 5) is 14.8. The molecule has 0 atom stereocenters. The maximum Gasteiger partial charge on any atom is 0.315 e. The number of rotatable bonds is 5. The highest BCUT2D eigenvalue weighted by Gasteiger charge is 2.07. The van der Waals surface area contributed by atoms with E-state index in [9.17, 15) is 4.79 Å². The van der Waals surface area contributed by atoms with Crippen molar-refractivity contribution in [2.45, 2.75) is 13.3 Å². The Morgan fingerprint density at radius 1 is 1.37 bits per heavy atom. The van der Waals surface area contributed by atoms with Crippen molar-refractivity contribution in [2.24, 2.45) is 0 Å². The number of urea groups is 1. The third-order valence-electron chi connectivity index (χ3n) is 3.09. The van der Waals surface area contributed by atoms with Gasteiger partial charge in [-0.05, 0) is 25.0 Å². The molecule has 0 aliphatic rings. The van der Waals surface area contributed by atoms with Gasteiger partial charge in [-0.25, -0.2) is 4.79 Å². The minimum Gasteiger partial charge on any atom is -0.358 e. The molecule has 2 amide bonds. The summed E-state index contributed by atoms with van der Waals surface area (Å²) in [5, 5.41) is 6.75. The number of hydrogen-bond donors (Lipinski definition) is 3. The van der Waals surface area contributed by atoms with E-state index in [4.69, 9.17) is 0 Å². The van der Waals surface area contributed by atoms with Gasteiger partial charge in [0.2, 0.25) is 0 Å². The number of amides is 2. The molecule has 0 aliphatic heterocycles. The van der Waals surface area contributed by atoms with Crippen molar-refractivity contribution < 1.29 is 4.79 Å². The van der Waals surface area contributed by atoms with Crippen molar-refractivity contribution in [2.75, 3.05) is 13.1 Å². The van der Waals surface area contributed by atoms with Crippen LogP contribution < -0.4 is 10.6 Å². The number of para-hydroxylation sites is 1. The predicted molar refractivity (Wildman–Crippen MR) is 78.3 cm³/mol. The summed E-state index contributed by atoms with van der Waals surface area (Å²) in [6, 6.07) is 8.06. The van der Waals surface area contributed by atoms with E-state index in [0.717, 1.165) is 17.6 Å². The molecular formula is C15H19N3O. The summed E-state index contributed by atoms with van der Waals surface area (Å²) in [5.41, 5.74) is 3.57. The molecular weight excluding hydrogens is 238 g/mol. The number of aromatic amines is 1. The van der Waals surface area contributed by atoms with Crippen molar-refractivity contribution in [3.8, 4) is 0 Å². The second-order valence-corrected chi connectivity index (χ2v) is 4.45. The molecule has 1 aromatic heterocycles. The van der Waals surface area contributed by atoms with E-state index in [1.54, 1.807) is 6.08 Å². The van der Waals surface area contributed by atoms with Crippen LogP contribution in [0.2, 0.25) is 0 Å². The van der Waals surface area contributed by atoms with Crippen LogP contribution >= 0.6 is 0 Å². The summed E-state index contributed by atoms with van der Waals surface area (Å²) in [6.07, 6.45) is 2.47. The fourth-order valence-corrected chi connectivity index (χ4v) is 2.19. The quantitative estimate of drug-likeness (QED) is 0.708. The highest BCUT2D eigenvalue weighted by Crippen LogP contribution is 2.21. The second kappa shape index (κ2) is 6.09. The van der Waals surface area contributed by atoms with Crippen molar-refractivity contribution >= 4 is 16.9 Å². The maximum absolute atomic E-state index is 11.4. The number of H-pyrrole nitrogens is 1. The number of benzene rings is 1. The van der Waals surface area contributed by atoms with Gasteiger partial charge < -0.3 is 15.6 Å². The molecule has 3 N–H and O–H groups in total. The molecule has 0 unspecified atom stereocenters. The van der Waals surface area contributed by atoms with E-state index in [-0.39, 0.29) is 6.03 Å². The molecule has 0 radical (unpaired) electrons.